The van der Waals surface area contributed by atoms with Crippen LogP contribution >= 0.6 is 0 Å². The number of hydrogen-bond acceptors (Lipinski definition) is 4. The highest BCUT2D eigenvalue weighted by Crippen LogP contribution is 2.08. The lowest BCUT2D eigenvalue weighted by molar-refractivity contribution is 0.0945. The number of aromatic nitrogens is 2. The molecule has 1 amide bonds. The molecule has 0 radical (unpaired) electrons. The molecule has 5 nitrogen and oxygen atoms in total. The zero-order valence-electron chi connectivity index (χ0n) is 12.9. The van der Waals surface area contributed by atoms with Crippen molar-refractivity contribution in [3.8, 4) is 0 Å². The van der Waals surface area contributed by atoms with Crippen LogP contribution in [-0.4, -0.2) is 21.9 Å². The summed E-state index contributed by atoms with van der Waals surface area (Å²) in [7, 11) is 0. The van der Waals surface area contributed by atoms with Crippen LogP contribution in [0.4, 0.5) is 10.3 Å². The van der Waals surface area contributed by atoms with Gasteiger partial charge in [0, 0.05) is 23.8 Å². The number of hydrogen-bond donors (Lipinski definition) is 2. The third-order valence-electron chi connectivity index (χ3n) is 2.90. The Hall–Kier alpha value is -2.50. The van der Waals surface area contributed by atoms with Crippen molar-refractivity contribution >= 4 is 11.9 Å². The molecule has 1 aromatic heterocycles. The molecule has 0 aliphatic carbocycles. The summed E-state index contributed by atoms with van der Waals surface area (Å²) in [6.45, 7) is 5.83. The number of carbonyl (C=O) groups excluding carboxylic acids is 1. The molecular weight excluding hydrogens is 283 g/mol. The standard InChI is InChI=1S/C16H19FN4O/c1-10(2)19-16-20-11(3)8-14(21-16)15(22)18-9-12-6-4-5-7-13(12)17/h4-8,10H,9H2,1-3H3,(H,18,22)(H,19,20,21). The van der Waals surface area contributed by atoms with E-state index in [9.17, 15) is 9.18 Å². The van der Waals surface area contributed by atoms with E-state index in [2.05, 4.69) is 20.6 Å². The molecule has 0 bridgehead atoms. The molecule has 2 N–H and O–H groups in total. The van der Waals surface area contributed by atoms with Crippen LogP contribution in [0.3, 0.4) is 0 Å². The van der Waals surface area contributed by atoms with Crippen molar-refractivity contribution in [3.05, 3.63) is 53.1 Å². The molecule has 1 aromatic carbocycles. The molecule has 0 saturated carbocycles. The third kappa shape index (κ3) is 4.25. The van der Waals surface area contributed by atoms with Crippen LogP contribution in [0.25, 0.3) is 0 Å². The van der Waals surface area contributed by atoms with Crippen molar-refractivity contribution < 1.29 is 9.18 Å². The number of nitrogens with zero attached hydrogens (tertiary/aromatic N) is 2. The van der Waals surface area contributed by atoms with Crippen LogP contribution in [0, 0.1) is 12.7 Å². The van der Waals surface area contributed by atoms with Crippen molar-refractivity contribution in [3.63, 3.8) is 0 Å². The molecule has 0 spiro atoms. The Balaban J connectivity index is 2.09. The second kappa shape index (κ2) is 6.98. The summed E-state index contributed by atoms with van der Waals surface area (Å²) in [4.78, 5) is 20.6. The highest BCUT2D eigenvalue weighted by Gasteiger charge is 2.11. The van der Waals surface area contributed by atoms with Gasteiger partial charge < -0.3 is 10.6 Å². The van der Waals surface area contributed by atoms with Crippen molar-refractivity contribution in [1.29, 1.82) is 0 Å². The van der Waals surface area contributed by atoms with Crippen molar-refractivity contribution in [2.24, 2.45) is 0 Å². The lowest BCUT2D eigenvalue weighted by atomic mass is 10.2. The number of nitrogens with one attached hydrogen (secondary N) is 2. The minimum Gasteiger partial charge on any atom is -0.352 e. The first-order valence-electron chi connectivity index (χ1n) is 7.09. The van der Waals surface area contributed by atoms with Crippen molar-refractivity contribution in [1.82, 2.24) is 15.3 Å². The molecule has 0 fully saturated rings. The Labute approximate surface area is 129 Å². The Morgan fingerprint density at radius 1 is 1.27 bits per heavy atom. The zero-order chi connectivity index (χ0) is 16.1. The van der Waals surface area contributed by atoms with Crippen LogP contribution < -0.4 is 10.6 Å². The predicted octanol–water partition coefficient (Wildman–Crippen LogP) is 2.67. The van der Waals surface area contributed by atoms with Gasteiger partial charge in [0.2, 0.25) is 5.95 Å². The highest BCUT2D eigenvalue weighted by atomic mass is 19.1. The van der Waals surface area contributed by atoms with Crippen molar-refractivity contribution in [2.45, 2.75) is 33.4 Å². The number of rotatable bonds is 5. The van der Waals surface area contributed by atoms with Crippen LogP contribution in [0.5, 0.6) is 0 Å². The molecule has 2 aromatic rings. The maximum absolute atomic E-state index is 13.5. The number of aryl methyl sites for hydroxylation is 1. The molecule has 0 atom stereocenters. The first kappa shape index (κ1) is 15.9. The topological polar surface area (TPSA) is 66.9 Å². The van der Waals surface area contributed by atoms with E-state index in [0.717, 1.165) is 0 Å². The average molecular weight is 302 g/mol. The van der Waals surface area contributed by atoms with E-state index in [1.54, 1.807) is 31.2 Å². The number of amides is 1. The maximum Gasteiger partial charge on any atom is 0.270 e. The molecule has 2 rings (SSSR count). The molecule has 0 aliphatic rings. The first-order valence-corrected chi connectivity index (χ1v) is 7.09. The number of benzene rings is 1. The minimum atomic E-state index is -0.361. The monoisotopic (exact) mass is 302 g/mol. The molecule has 22 heavy (non-hydrogen) atoms. The van der Waals surface area contributed by atoms with Gasteiger partial charge in [0.1, 0.15) is 11.5 Å². The number of anilines is 1. The van der Waals surface area contributed by atoms with Gasteiger partial charge in [0.15, 0.2) is 0 Å². The third-order valence-corrected chi connectivity index (χ3v) is 2.90. The second-order valence-electron chi connectivity index (χ2n) is 5.29. The fourth-order valence-electron chi connectivity index (χ4n) is 1.92. The molecule has 116 valence electrons. The van der Waals surface area contributed by atoms with Crippen LogP contribution in [0.1, 0.15) is 35.6 Å². The van der Waals surface area contributed by atoms with Gasteiger partial charge in [-0.25, -0.2) is 14.4 Å². The molecule has 0 unspecified atom stereocenters. The van der Waals surface area contributed by atoms with Gasteiger partial charge in [0.05, 0.1) is 0 Å². The van der Waals surface area contributed by atoms with E-state index in [-0.39, 0.29) is 30.0 Å². The molecule has 1 heterocycles. The van der Waals surface area contributed by atoms with Gasteiger partial charge in [0.25, 0.3) is 5.91 Å². The lowest BCUT2D eigenvalue weighted by Crippen LogP contribution is -2.25. The van der Waals surface area contributed by atoms with Gasteiger partial charge in [-0.2, -0.15) is 0 Å². The smallest absolute Gasteiger partial charge is 0.270 e. The fourth-order valence-corrected chi connectivity index (χ4v) is 1.92. The zero-order valence-corrected chi connectivity index (χ0v) is 12.9. The maximum atomic E-state index is 13.5. The summed E-state index contributed by atoms with van der Waals surface area (Å²) in [5, 5.41) is 5.73. The van der Waals surface area contributed by atoms with Crippen molar-refractivity contribution in [2.75, 3.05) is 5.32 Å². The molecular formula is C16H19FN4O. The van der Waals surface area contributed by atoms with Gasteiger partial charge in [-0.3, -0.25) is 4.79 Å². The highest BCUT2D eigenvalue weighted by molar-refractivity contribution is 5.92. The van der Waals surface area contributed by atoms with Crippen LogP contribution in [0.2, 0.25) is 0 Å². The van der Waals surface area contributed by atoms with Crippen LogP contribution in [-0.2, 0) is 6.54 Å². The van der Waals surface area contributed by atoms with E-state index >= 15 is 0 Å². The van der Waals surface area contributed by atoms with Crippen LogP contribution in [0.15, 0.2) is 30.3 Å². The minimum absolute atomic E-state index is 0.113. The summed E-state index contributed by atoms with van der Waals surface area (Å²) in [5.74, 6) is -0.296. The first-order chi connectivity index (χ1) is 10.5. The quantitative estimate of drug-likeness (QED) is 0.891. The van der Waals surface area contributed by atoms with Gasteiger partial charge in [-0.1, -0.05) is 18.2 Å². The summed E-state index contributed by atoms with van der Waals surface area (Å²) < 4.78 is 13.5. The Bertz CT molecular complexity index is 673. The fraction of sp³-hybridized carbons (Fsp3) is 0.312. The van der Waals surface area contributed by atoms with E-state index in [4.69, 9.17) is 0 Å². The van der Waals surface area contributed by atoms with E-state index in [1.807, 2.05) is 13.8 Å². The Morgan fingerprint density at radius 2 is 2.00 bits per heavy atom. The Morgan fingerprint density at radius 3 is 2.68 bits per heavy atom. The largest absolute Gasteiger partial charge is 0.352 e. The van der Waals surface area contributed by atoms with E-state index < -0.39 is 0 Å². The molecule has 6 heteroatoms. The summed E-state index contributed by atoms with van der Waals surface area (Å²) >= 11 is 0. The van der Waals surface area contributed by atoms with Gasteiger partial charge in [-0.05, 0) is 32.9 Å². The lowest BCUT2D eigenvalue weighted by Gasteiger charge is -2.11. The normalized spacial score (nSPS) is 10.6. The van der Waals surface area contributed by atoms with Gasteiger partial charge >= 0.3 is 0 Å². The van der Waals surface area contributed by atoms with Gasteiger partial charge in [-0.15, -0.1) is 0 Å². The summed E-state index contributed by atoms with van der Waals surface area (Å²) in [6, 6.07) is 8.09. The number of halogens is 1. The predicted molar refractivity (Wildman–Crippen MR) is 83.1 cm³/mol. The molecule has 0 aliphatic heterocycles. The second-order valence-corrected chi connectivity index (χ2v) is 5.29. The SMILES string of the molecule is Cc1cc(C(=O)NCc2ccccc2F)nc(NC(C)C)n1. The number of carbonyl (C=O) groups is 1. The summed E-state index contributed by atoms with van der Waals surface area (Å²) in [5.41, 5.74) is 1.38. The molecule has 0 saturated heterocycles. The van der Waals surface area contributed by atoms with E-state index in [0.29, 0.717) is 17.2 Å². The Kier molecular flexibility index (Phi) is 5.04. The average Bonchev–Trinajstić information content (AvgIpc) is 2.44. The summed E-state index contributed by atoms with van der Waals surface area (Å²) in [6.07, 6.45) is 0. The van der Waals surface area contributed by atoms with E-state index in [1.165, 1.54) is 6.07 Å².